The van der Waals surface area contributed by atoms with Gasteiger partial charge in [-0.3, -0.25) is 9.59 Å². The summed E-state index contributed by atoms with van der Waals surface area (Å²) in [6.45, 7) is 9.24. The van der Waals surface area contributed by atoms with E-state index in [4.69, 9.17) is 0 Å². The number of carbonyl (C=O) groups is 3. The zero-order valence-corrected chi connectivity index (χ0v) is 12.4. The minimum atomic E-state index is -0.510. The first-order chi connectivity index (χ1) is 8.74. The van der Waals surface area contributed by atoms with Crippen LogP contribution < -0.4 is 0 Å². The lowest BCUT2D eigenvalue weighted by atomic mass is 9.85. The molecule has 19 heavy (non-hydrogen) atoms. The van der Waals surface area contributed by atoms with Crippen LogP contribution in [0.4, 0.5) is 0 Å². The van der Waals surface area contributed by atoms with Gasteiger partial charge in [0.05, 0.1) is 0 Å². The maximum atomic E-state index is 12.4. The number of amides is 2. The van der Waals surface area contributed by atoms with Gasteiger partial charge in [0.1, 0.15) is 5.78 Å². The standard InChI is InChI=1S/C14H24N2O3/c1-11(17)5-6-14(3,4)13(19)16-9-7-15(8-10-16)12(2)18/h5-10H2,1-4H3. The van der Waals surface area contributed by atoms with Crippen LogP contribution in [-0.4, -0.2) is 53.6 Å². The Labute approximate surface area is 114 Å². The monoisotopic (exact) mass is 268 g/mol. The average Bonchev–Trinajstić information content (AvgIpc) is 2.35. The summed E-state index contributed by atoms with van der Waals surface area (Å²) in [4.78, 5) is 38.3. The third-order valence-electron chi connectivity index (χ3n) is 3.69. The lowest BCUT2D eigenvalue weighted by molar-refractivity contribution is -0.145. The van der Waals surface area contributed by atoms with Crippen LogP contribution in [0.15, 0.2) is 0 Å². The molecule has 0 aromatic carbocycles. The fourth-order valence-electron chi connectivity index (χ4n) is 2.25. The van der Waals surface area contributed by atoms with E-state index in [2.05, 4.69) is 0 Å². The Balaban J connectivity index is 2.54. The Morgan fingerprint density at radius 1 is 0.947 bits per heavy atom. The van der Waals surface area contributed by atoms with Crippen molar-refractivity contribution in [3.63, 3.8) is 0 Å². The maximum Gasteiger partial charge on any atom is 0.228 e. The Kier molecular flexibility index (Phi) is 5.09. The first-order valence-corrected chi connectivity index (χ1v) is 6.78. The zero-order chi connectivity index (χ0) is 14.6. The predicted octanol–water partition coefficient (Wildman–Crippen LogP) is 1.07. The van der Waals surface area contributed by atoms with Gasteiger partial charge in [-0.15, -0.1) is 0 Å². The second kappa shape index (κ2) is 6.17. The largest absolute Gasteiger partial charge is 0.339 e. The fraction of sp³-hybridized carbons (Fsp3) is 0.786. The van der Waals surface area contributed by atoms with Gasteiger partial charge in [0.15, 0.2) is 0 Å². The molecule has 0 saturated carbocycles. The summed E-state index contributed by atoms with van der Waals surface area (Å²) in [5.74, 6) is 0.252. The van der Waals surface area contributed by atoms with Crippen LogP contribution >= 0.6 is 0 Å². The number of nitrogens with zero attached hydrogens (tertiary/aromatic N) is 2. The summed E-state index contributed by atoms with van der Waals surface area (Å²) in [6.07, 6.45) is 1.01. The highest BCUT2D eigenvalue weighted by Gasteiger charge is 2.33. The van der Waals surface area contributed by atoms with Crippen molar-refractivity contribution in [1.29, 1.82) is 0 Å². The van der Waals surface area contributed by atoms with Gasteiger partial charge in [0.2, 0.25) is 11.8 Å². The molecule has 0 unspecified atom stereocenters. The van der Waals surface area contributed by atoms with Gasteiger partial charge in [-0.25, -0.2) is 0 Å². The smallest absolute Gasteiger partial charge is 0.228 e. The average molecular weight is 268 g/mol. The van der Waals surface area contributed by atoms with Crippen LogP contribution in [-0.2, 0) is 14.4 Å². The lowest BCUT2D eigenvalue weighted by Gasteiger charge is -2.38. The summed E-state index contributed by atoms with van der Waals surface area (Å²) in [7, 11) is 0. The third kappa shape index (κ3) is 4.33. The molecule has 1 saturated heterocycles. The van der Waals surface area contributed by atoms with Crippen LogP contribution in [0.3, 0.4) is 0 Å². The van der Waals surface area contributed by atoms with Gasteiger partial charge in [-0.1, -0.05) is 13.8 Å². The molecule has 0 aliphatic carbocycles. The van der Waals surface area contributed by atoms with Gasteiger partial charge >= 0.3 is 0 Å². The van der Waals surface area contributed by atoms with E-state index >= 15 is 0 Å². The minimum absolute atomic E-state index is 0.0583. The molecular formula is C14H24N2O3. The van der Waals surface area contributed by atoms with E-state index in [9.17, 15) is 14.4 Å². The molecule has 5 nitrogen and oxygen atoms in total. The molecule has 1 heterocycles. The molecule has 1 fully saturated rings. The molecule has 5 heteroatoms. The molecule has 0 bridgehead atoms. The van der Waals surface area contributed by atoms with Crippen molar-refractivity contribution in [1.82, 2.24) is 9.80 Å². The number of ketones is 1. The van der Waals surface area contributed by atoms with E-state index in [-0.39, 0.29) is 17.6 Å². The predicted molar refractivity (Wildman–Crippen MR) is 72.5 cm³/mol. The van der Waals surface area contributed by atoms with Crippen LogP contribution in [0.2, 0.25) is 0 Å². The molecule has 1 aliphatic heterocycles. The number of hydrogen-bond donors (Lipinski definition) is 0. The van der Waals surface area contributed by atoms with Crippen molar-refractivity contribution in [3.8, 4) is 0 Å². The Bertz CT molecular complexity index is 369. The van der Waals surface area contributed by atoms with E-state index in [1.54, 1.807) is 23.6 Å². The number of Topliss-reactive ketones (excluding diaryl/α,β-unsaturated/α-hetero) is 1. The van der Waals surface area contributed by atoms with Crippen molar-refractivity contribution in [2.75, 3.05) is 26.2 Å². The normalized spacial score (nSPS) is 16.4. The van der Waals surface area contributed by atoms with E-state index in [1.807, 2.05) is 13.8 Å². The molecule has 1 rings (SSSR count). The SMILES string of the molecule is CC(=O)CCC(C)(C)C(=O)N1CCN(C(C)=O)CC1. The van der Waals surface area contributed by atoms with E-state index in [1.165, 1.54) is 0 Å². The zero-order valence-electron chi connectivity index (χ0n) is 12.4. The van der Waals surface area contributed by atoms with Crippen LogP contribution in [0.25, 0.3) is 0 Å². The minimum Gasteiger partial charge on any atom is -0.339 e. The summed E-state index contributed by atoms with van der Waals surface area (Å²) in [5, 5.41) is 0. The Morgan fingerprint density at radius 3 is 1.84 bits per heavy atom. The molecule has 1 aliphatic rings. The fourth-order valence-corrected chi connectivity index (χ4v) is 2.25. The molecule has 0 atom stereocenters. The number of carbonyl (C=O) groups excluding carboxylic acids is 3. The summed E-state index contributed by atoms with van der Waals surface area (Å²) < 4.78 is 0. The van der Waals surface area contributed by atoms with E-state index in [0.717, 1.165) is 0 Å². The molecule has 2 amide bonds. The third-order valence-corrected chi connectivity index (χ3v) is 3.69. The van der Waals surface area contributed by atoms with Gasteiger partial charge in [-0.2, -0.15) is 0 Å². The van der Waals surface area contributed by atoms with E-state index in [0.29, 0.717) is 39.0 Å². The Morgan fingerprint density at radius 2 is 1.42 bits per heavy atom. The van der Waals surface area contributed by atoms with Crippen molar-refractivity contribution in [3.05, 3.63) is 0 Å². The van der Waals surface area contributed by atoms with Crippen molar-refractivity contribution >= 4 is 17.6 Å². The van der Waals surface area contributed by atoms with E-state index < -0.39 is 5.41 Å². The highest BCUT2D eigenvalue weighted by Crippen LogP contribution is 2.26. The van der Waals surface area contributed by atoms with Crippen molar-refractivity contribution in [2.45, 2.75) is 40.5 Å². The molecule has 0 N–H and O–H groups in total. The van der Waals surface area contributed by atoms with Crippen LogP contribution in [0.5, 0.6) is 0 Å². The molecule has 0 radical (unpaired) electrons. The number of rotatable bonds is 4. The van der Waals surface area contributed by atoms with Gasteiger partial charge in [-0.05, 0) is 13.3 Å². The maximum absolute atomic E-state index is 12.4. The van der Waals surface area contributed by atoms with Gasteiger partial charge in [0, 0.05) is 44.9 Å². The molecule has 0 spiro atoms. The van der Waals surface area contributed by atoms with Crippen molar-refractivity contribution in [2.24, 2.45) is 5.41 Å². The molecule has 0 aromatic heterocycles. The van der Waals surface area contributed by atoms with Crippen LogP contribution in [0, 0.1) is 5.41 Å². The second-order valence-electron chi connectivity index (χ2n) is 5.88. The first-order valence-electron chi connectivity index (χ1n) is 6.78. The summed E-state index contributed by atoms with van der Waals surface area (Å²) in [6, 6.07) is 0. The quantitative estimate of drug-likeness (QED) is 0.766. The molecule has 108 valence electrons. The highest BCUT2D eigenvalue weighted by atomic mass is 16.2. The van der Waals surface area contributed by atoms with Gasteiger partial charge in [0.25, 0.3) is 0 Å². The highest BCUT2D eigenvalue weighted by molar-refractivity contribution is 5.83. The summed E-state index contributed by atoms with van der Waals surface area (Å²) in [5.41, 5.74) is -0.510. The number of piperazine rings is 1. The topological polar surface area (TPSA) is 57.7 Å². The molecule has 0 aromatic rings. The summed E-state index contributed by atoms with van der Waals surface area (Å²) >= 11 is 0. The number of hydrogen-bond acceptors (Lipinski definition) is 3. The molecular weight excluding hydrogens is 244 g/mol. The van der Waals surface area contributed by atoms with Crippen molar-refractivity contribution < 1.29 is 14.4 Å². The lowest BCUT2D eigenvalue weighted by Crippen LogP contribution is -2.53. The Hall–Kier alpha value is -1.39. The first kappa shape index (κ1) is 15.7. The van der Waals surface area contributed by atoms with Crippen LogP contribution in [0.1, 0.15) is 40.5 Å². The van der Waals surface area contributed by atoms with Gasteiger partial charge < -0.3 is 14.6 Å². The second-order valence-corrected chi connectivity index (χ2v) is 5.88.